The lowest BCUT2D eigenvalue weighted by molar-refractivity contribution is -0.136. The number of nitrogens with one attached hydrogen (secondary N) is 1. The van der Waals surface area contributed by atoms with E-state index in [4.69, 9.17) is 5.11 Å². The van der Waals surface area contributed by atoms with Crippen molar-refractivity contribution in [2.45, 2.75) is 33.2 Å². The molecule has 1 amide bonds. The second kappa shape index (κ2) is 7.65. The summed E-state index contributed by atoms with van der Waals surface area (Å²) in [5.74, 6) is 0.156. The third kappa shape index (κ3) is 5.14. The third-order valence-electron chi connectivity index (χ3n) is 2.40. The van der Waals surface area contributed by atoms with Gasteiger partial charge in [-0.25, -0.2) is 0 Å². The van der Waals surface area contributed by atoms with E-state index in [1.165, 1.54) is 0 Å². The van der Waals surface area contributed by atoms with Crippen LogP contribution in [-0.4, -0.2) is 48.7 Å². The summed E-state index contributed by atoms with van der Waals surface area (Å²) < 4.78 is 0. The van der Waals surface area contributed by atoms with Crippen LogP contribution in [0.2, 0.25) is 0 Å². The van der Waals surface area contributed by atoms with Gasteiger partial charge >= 0.3 is 0 Å². The Balaban J connectivity index is 4.27. The maximum atomic E-state index is 12.0. The molecule has 0 saturated heterocycles. The van der Waals surface area contributed by atoms with Gasteiger partial charge in [0, 0.05) is 31.7 Å². The van der Waals surface area contributed by atoms with E-state index in [-0.39, 0.29) is 24.5 Å². The van der Waals surface area contributed by atoms with Gasteiger partial charge in [-0.3, -0.25) is 4.79 Å². The van der Waals surface area contributed by atoms with E-state index in [0.29, 0.717) is 19.5 Å². The molecular formula is C11H24N2O2. The van der Waals surface area contributed by atoms with Crippen molar-refractivity contribution in [3.63, 3.8) is 0 Å². The van der Waals surface area contributed by atoms with Crippen molar-refractivity contribution in [2.75, 3.05) is 26.7 Å². The lowest BCUT2D eigenvalue weighted by Crippen LogP contribution is -2.43. The number of nitrogens with zero attached hydrogens (tertiary/aromatic N) is 1. The van der Waals surface area contributed by atoms with Crippen molar-refractivity contribution in [1.29, 1.82) is 0 Å². The zero-order valence-corrected chi connectivity index (χ0v) is 10.3. The molecule has 0 aromatic carbocycles. The summed E-state index contributed by atoms with van der Waals surface area (Å²) in [6.07, 6.45) is 0.649. The minimum Gasteiger partial charge on any atom is -0.396 e. The van der Waals surface area contributed by atoms with Gasteiger partial charge in [-0.2, -0.15) is 0 Å². The van der Waals surface area contributed by atoms with Gasteiger partial charge in [0.15, 0.2) is 0 Å². The Bertz CT molecular complexity index is 183. The molecule has 0 fully saturated rings. The Kier molecular flexibility index (Phi) is 7.34. The highest BCUT2D eigenvalue weighted by Gasteiger charge is 2.21. The number of hydrogen-bond acceptors (Lipinski definition) is 3. The smallest absolute Gasteiger partial charge is 0.226 e. The van der Waals surface area contributed by atoms with Crippen molar-refractivity contribution in [3.8, 4) is 0 Å². The second-order valence-electron chi connectivity index (χ2n) is 4.16. The fourth-order valence-electron chi connectivity index (χ4n) is 1.54. The van der Waals surface area contributed by atoms with E-state index < -0.39 is 0 Å². The molecule has 0 aliphatic carbocycles. The fourth-order valence-corrected chi connectivity index (χ4v) is 1.54. The number of amides is 1. The highest BCUT2D eigenvalue weighted by molar-refractivity contribution is 5.79. The maximum Gasteiger partial charge on any atom is 0.226 e. The lowest BCUT2D eigenvalue weighted by Gasteiger charge is -2.29. The summed E-state index contributed by atoms with van der Waals surface area (Å²) in [4.78, 5) is 13.8. The van der Waals surface area contributed by atoms with Crippen LogP contribution >= 0.6 is 0 Å². The molecule has 0 aromatic rings. The minimum atomic E-state index is -0.00362. The van der Waals surface area contributed by atoms with Crippen molar-refractivity contribution < 1.29 is 9.90 Å². The lowest BCUT2D eigenvalue weighted by atomic mass is 10.1. The summed E-state index contributed by atoms with van der Waals surface area (Å²) in [5, 5.41) is 11.8. The number of carbonyl (C=O) groups excluding carboxylic acids is 1. The predicted molar refractivity (Wildman–Crippen MR) is 61.6 cm³/mol. The number of aliphatic hydroxyl groups excluding tert-OH is 1. The van der Waals surface area contributed by atoms with Gasteiger partial charge in [0.1, 0.15) is 0 Å². The molecule has 0 aliphatic heterocycles. The summed E-state index contributed by atoms with van der Waals surface area (Å²) in [6.45, 7) is 7.40. The average Bonchev–Trinajstić information content (AvgIpc) is 2.18. The molecule has 0 spiro atoms. The van der Waals surface area contributed by atoms with Gasteiger partial charge < -0.3 is 15.3 Å². The average molecular weight is 216 g/mol. The van der Waals surface area contributed by atoms with E-state index in [9.17, 15) is 4.79 Å². The van der Waals surface area contributed by atoms with Crippen LogP contribution < -0.4 is 5.32 Å². The molecule has 1 unspecified atom stereocenters. The molecule has 15 heavy (non-hydrogen) atoms. The number of rotatable bonds is 7. The van der Waals surface area contributed by atoms with E-state index in [1.54, 1.807) is 0 Å². The Morgan fingerprint density at radius 2 is 2.00 bits per heavy atom. The Labute approximate surface area is 92.7 Å². The molecule has 1 atom stereocenters. The molecule has 90 valence electrons. The molecule has 2 N–H and O–H groups in total. The highest BCUT2D eigenvalue weighted by atomic mass is 16.3. The molecular weight excluding hydrogens is 192 g/mol. The predicted octanol–water partition coefficient (Wildman–Crippen LogP) is 0.461. The molecule has 0 bridgehead atoms. The quantitative estimate of drug-likeness (QED) is 0.650. The maximum absolute atomic E-state index is 12.0. The van der Waals surface area contributed by atoms with Crippen LogP contribution in [0, 0.1) is 5.92 Å². The number of hydrogen-bond donors (Lipinski definition) is 2. The Morgan fingerprint density at radius 1 is 1.40 bits per heavy atom. The SMILES string of the molecule is CNCC(C)C(=O)N(CCCO)C(C)C. The molecule has 0 rings (SSSR count). The Hall–Kier alpha value is -0.610. The fraction of sp³-hybridized carbons (Fsp3) is 0.909. The van der Waals surface area contributed by atoms with Crippen molar-refractivity contribution in [3.05, 3.63) is 0 Å². The molecule has 4 heteroatoms. The first kappa shape index (κ1) is 14.4. The van der Waals surface area contributed by atoms with Gasteiger partial charge in [-0.1, -0.05) is 6.92 Å². The van der Waals surface area contributed by atoms with E-state index in [1.807, 2.05) is 32.7 Å². The zero-order chi connectivity index (χ0) is 11.8. The van der Waals surface area contributed by atoms with E-state index in [2.05, 4.69) is 5.32 Å². The van der Waals surface area contributed by atoms with E-state index in [0.717, 1.165) is 0 Å². The van der Waals surface area contributed by atoms with Crippen molar-refractivity contribution >= 4 is 5.91 Å². The molecule has 0 heterocycles. The Morgan fingerprint density at radius 3 is 2.40 bits per heavy atom. The van der Waals surface area contributed by atoms with Crippen LogP contribution in [0.15, 0.2) is 0 Å². The first-order chi connectivity index (χ1) is 7.04. The van der Waals surface area contributed by atoms with Crippen molar-refractivity contribution in [2.24, 2.45) is 5.92 Å². The van der Waals surface area contributed by atoms with Crippen LogP contribution in [0.3, 0.4) is 0 Å². The number of aliphatic hydroxyl groups is 1. The highest BCUT2D eigenvalue weighted by Crippen LogP contribution is 2.07. The second-order valence-corrected chi connectivity index (χ2v) is 4.16. The van der Waals surface area contributed by atoms with Gasteiger partial charge in [-0.15, -0.1) is 0 Å². The van der Waals surface area contributed by atoms with E-state index >= 15 is 0 Å². The van der Waals surface area contributed by atoms with Gasteiger partial charge in [0.05, 0.1) is 0 Å². The molecule has 0 radical (unpaired) electrons. The van der Waals surface area contributed by atoms with Crippen LogP contribution in [0.25, 0.3) is 0 Å². The standard InChI is InChI=1S/C11H24N2O2/c1-9(2)13(6-5-7-14)11(15)10(3)8-12-4/h9-10,12,14H,5-8H2,1-4H3. The van der Waals surface area contributed by atoms with Crippen molar-refractivity contribution in [1.82, 2.24) is 10.2 Å². The molecule has 0 aromatic heterocycles. The topological polar surface area (TPSA) is 52.6 Å². The molecule has 0 aliphatic rings. The first-order valence-corrected chi connectivity index (χ1v) is 5.60. The molecule has 0 saturated carbocycles. The largest absolute Gasteiger partial charge is 0.396 e. The monoisotopic (exact) mass is 216 g/mol. The molecule has 4 nitrogen and oxygen atoms in total. The number of carbonyl (C=O) groups is 1. The minimum absolute atomic E-state index is 0.00362. The summed E-state index contributed by atoms with van der Waals surface area (Å²) in [7, 11) is 1.84. The van der Waals surface area contributed by atoms with Crippen LogP contribution in [0.5, 0.6) is 0 Å². The summed E-state index contributed by atoms with van der Waals surface area (Å²) in [5.41, 5.74) is 0. The summed E-state index contributed by atoms with van der Waals surface area (Å²) >= 11 is 0. The van der Waals surface area contributed by atoms with Crippen LogP contribution in [0.4, 0.5) is 0 Å². The zero-order valence-electron chi connectivity index (χ0n) is 10.3. The third-order valence-corrected chi connectivity index (χ3v) is 2.40. The summed E-state index contributed by atoms with van der Waals surface area (Å²) in [6, 6.07) is 0.198. The van der Waals surface area contributed by atoms with Crippen LogP contribution in [-0.2, 0) is 4.79 Å². The first-order valence-electron chi connectivity index (χ1n) is 5.60. The van der Waals surface area contributed by atoms with Gasteiger partial charge in [-0.05, 0) is 27.3 Å². The van der Waals surface area contributed by atoms with Gasteiger partial charge in [0.25, 0.3) is 0 Å². The van der Waals surface area contributed by atoms with Gasteiger partial charge in [0.2, 0.25) is 5.91 Å². The van der Waals surface area contributed by atoms with Crippen LogP contribution in [0.1, 0.15) is 27.2 Å². The normalized spacial score (nSPS) is 12.9.